The van der Waals surface area contributed by atoms with Gasteiger partial charge >= 0.3 is 0 Å². The van der Waals surface area contributed by atoms with Crippen LogP contribution in [0.4, 0.5) is 0 Å². The van der Waals surface area contributed by atoms with Gasteiger partial charge in [0.25, 0.3) is 5.91 Å². The lowest BCUT2D eigenvalue weighted by atomic mass is 10.1. The third-order valence-corrected chi connectivity index (χ3v) is 4.39. The molecule has 0 radical (unpaired) electrons. The number of halogens is 3. The third kappa shape index (κ3) is 3.73. The second kappa shape index (κ2) is 6.93. The Morgan fingerprint density at radius 2 is 2.28 bits per heavy atom. The van der Waals surface area contributed by atoms with Crippen molar-refractivity contribution in [2.45, 2.75) is 13.0 Å². The number of amides is 1. The van der Waals surface area contributed by atoms with E-state index in [1.165, 1.54) is 0 Å². The number of nitrogens with one attached hydrogen (secondary N) is 1. The van der Waals surface area contributed by atoms with Crippen molar-refractivity contribution in [3.05, 3.63) is 32.4 Å². The van der Waals surface area contributed by atoms with Crippen molar-refractivity contribution in [1.82, 2.24) is 10.2 Å². The molecule has 1 aromatic rings. The van der Waals surface area contributed by atoms with Crippen molar-refractivity contribution < 1.29 is 4.79 Å². The molecule has 1 heterocycles. The highest BCUT2D eigenvalue weighted by Crippen LogP contribution is 2.20. The molecule has 2 rings (SSSR count). The first kappa shape index (κ1) is 16.0. The minimum absolute atomic E-state index is 0. The molecule has 6 heteroatoms. The fourth-order valence-corrected chi connectivity index (χ4v) is 2.44. The predicted molar refractivity (Wildman–Crippen MR) is 84.8 cm³/mol. The zero-order valence-corrected chi connectivity index (χ0v) is 13.7. The van der Waals surface area contributed by atoms with Gasteiger partial charge in [0.15, 0.2) is 0 Å². The molecule has 0 aromatic heterocycles. The second-order valence-electron chi connectivity index (χ2n) is 4.24. The van der Waals surface area contributed by atoms with E-state index >= 15 is 0 Å². The summed E-state index contributed by atoms with van der Waals surface area (Å²) in [7, 11) is 0. The Morgan fingerprint density at radius 1 is 1.56 bits per heavy atom. The van der Waals surface area contributed by atoms with Gasteiger partial charge in [-0.05, 0) is 47.7 Å². The van der Waals surface area contributed by atoms with E-state index in [1.807, 2.05) is 17.0 Å². The highest BCUT2D eigenvalue weighted by Gasteiger charge is 2.21. The number of rotatable bonds is 1. The molecular formula is C12H15Cl2IN2O. The summed E-state index contributed by atoms with van der Waals surface area (Å²) in [5.41, 5.74) is 0.671. The summed E-state index contributed by atoms with van der Waals surface area (Å²) in [5.74, 6) is 0.0663. The van der Waals surface area contributed by atoms with Gasteiger partial charge in [-0.3, -0.25) is 4.79 Å². The summed E-state index contributed by atoms with van der Waals surface area (Å²) in [4.78, 5) is 14.1. The Bertz CT molecular complexity index is 442. The molecule has 1 aromatic carbocycles. The van der Waals surface area contributed by atoms with E-state index in [-0.39, 0.29) is 18.3 Å². The summed E-state index contributed by atoms with van der Waals surface area (Å²) >= 11 is 8.19. The van der Waals surface area contributed by atoms with Crippen molar-refractivity contribution in [3.8, 4) is 0 Å². The summed E-state index contributed by atoms with van der Waals surface area (Å²) in [6.07, 6.45) is 0. The number of hydrogen-bond acceptors (Lipinski definition) is 2. The van der Waals surface area contributed by atoms with Crippen molar-refractivity contribution in [1.29, 1.82) is 0 Å². The van der Waals surface area contributed by atoms with E-state index < -0.39 is 0 Å². The van der Waals surface area contributed by atoms with Crippen molar-refractivity contribution >= 4 is 52.5 Å². The summed E-state index contributed by atoms with van der Waals surface area (Å²) in [5, 5.41) is 3.96. The molecule has 1 fully saturated rings. The average molecular weight is 401 g/mol. The van der Waals surface area contributed by atoms with Crippen LogP contribution in [0, 0.1) is 3.57 Å². The van der Waals surface area contributed by atoms with Gasteiger partial charge < -0.3 is 10.2 Å². The largest absolute Gasteiger partial charge is 0.336 e. The van der Waals surface area contributed by atoms with Crippen LogP contribution < -0.4 is 5.32 Å². The molecule has 0 aliphatic carbocycles. The first-order valence-electron chi connectivity index (χ1n) is 5.55. The number of piperazine rings is 1. The minimum Gasteiger partial charge on any atom is -0.336 e. The van der Waals surface area contributed by atoms with Crippen LogP contribution in [-0.4, -0.2) is 36.5 Å². The monoisotopic (exact) mass is 400 g/mol. The Kier molecular flexibility index (Phi) is 6.17. The van der Waals surface area contributed by atoms with Gasteiger partial charge in [0.05, 0.1) is 5.02 Å². The first-order valence-corrected chi connectivity index (χ1v) is 7.01. The molecule has 1 atom stereocenters. The Hall–Kier alpha value is -0.0400. The maximum absolute atomic E-state index is 12.2. The molecule has 0 spiro atoms. The van der Waals surface area contributed by atoms with Crippen LogP contribution in [0.3, 0.4) is 0 Å². The van der Waals surface area contributed by atoms with Crippen LogP contribution in [-0.2, 0) is 0 Å². The molecule has 1 amide bonds. The SMILES string of the molecule is CC1CN(C(=O)c2ccc(I)c(Cl)c2)CCN1.Cl. The second-order valence-corrected chi connectivity index (χ2v) is 5.80. The summed E-state index contributed by atoms with van der Waals surface area (Å²) < 4.78 is 0.967. The lowest BCUT2D eigenvalue weighted by molar-refractivity contribution is 0.0709. The number of nitrogens with zero attached hydrogens (tertiary/aromatic N) is 1. The third-order valence-electron chi connectivity index (χ3n) is 2.82. The Balaban J connectivity index is 0.00000162. The number of carbonyl (C=O) groups is 1. The fourth-order valence-electron chi connectivity index (χ4n) is 1.93. The van der Waals surface area contributed by atoms with Gasteiger partial charge in [-0.25, -0.2) is 0 Å². The maximum atomic E-state index is 12.2. The zero-order chi connectivity index (χ0) is 12.4. The van der Waals surface area contributed by atoms with E-state index in [9.17, 15) is 4.79 Å². The number of benzene rings is 1. The molecule has 0 bridgehead atoms. The standard InChI is InChI=1S/C12H14ClIN2O.ClH/c1-8-7-16(5-4-15-8)12(17)9-2-3-11(14)10(13)6-9;/h2-3,6,8,15H,4-5,7H2,1H3;1H. The molecule has 1 saturated heterocycles. The maximum Gasteiger partial charge on any atom is 0.254 e. The molecule has 100 valence electrons. The van der Waals surface area contributed by atoms with E-state index in [2.05, 4.69) is 34.8 Å². The number of carbonyl (C=O) groups excluding carboxylic acids is 1. The fraction of sp³-hybridized carbons (Fsp3) is 0.417. The highest BCUT2D eigenvalue weighted by atomic mass is 127. The van der Waals surface area contributed by atoms with Crippen LogP contribution in [0.2, 0.25) is 5.02 Å². The molecule has 18 heavy (non-hydrogen) atoms. The average Bonchev–Trinajstić information content (AvgIpc) is 2.32. The quantitative estimate of drug-likeness (QED) is 0.735. The van der Waals surface area contributed by atoms with E-state index in [0.717, 1.165) is 23.2 Å². The van der Waals surface area contributed by atoms with Crippen molar-refractivity contribution in [2.24, 2.45) is 0 Å². The summed E-state index contributed by atoms with van der Waals surface area (Å²) in [6.45, 7) is 4.45. The molecule has 1 unspecified atom stereocenters. The Morgan fingerprint density at radius 3 is 2.89 bits per heavy atom. The van der Waals surface area contributed by atoms with Gasteiger partial charge in [-0.15, -0.1) is 12.4 Å². The smallest absolute Gasteiger partial charge is 0.254 e. The van der Waals surface area contributed by atoms with Gasteiger partial charge in [0.2, 0.25) is 0 Å². The molecule has 1 aliphatic heterocycles. The first-order chi connectivity index (χ1) is 8.08. The van der Waals surface area contributed by atoms with E-state index in [0.29, 0.717) is 16.6 Å². The molecule has 3 nitrogen and oxygen atoms in total. The van der Waals surface area contributed by atoms with Gasteiger partial charge in [-0.1, -0.05) is 11.6 Å². The predicted octanol–water partition coefficient (Wildman–Crippen LogP) is 2.80. The Labute approximate surface area is 132 Å². The van der Waals surface area contributed by atoms with Crippen LogP contribution in [0.25, 0.3) is 0 Å². The van der Waals surface area contributed by atoms with E-state index in [4.69, 9.17) is 11.6 Å². The zero-order valence-electron chi connectivity index (χ0n) is 9.95. The minimum atomic E-state index is 0. The van der Waals surface area contributed by atoms with E-state index in [1.54, 1.807) is 6.07 Å². The highest BCUT2D eigenvalue weighted by molar-refractivity contribution is 14.1. The van der Waals surface area contributed by atoms with Gasteiger partial charge in [-0.2, -0.15) is 0 Å². The van der Waals surface area contributed by atoms with Crippen LogP contribution in [0.1, 0.15) is 17.3 Å². The van der Waals surface area contributed by atoms with Crippen molar-refractivity contribution in [3.63, 3.8) is 0 Å². The van der Waals surface area contributed by atoms with Gasteiger partial charge in [0.1, 0.15) is 0 Å². The van der Waals surface area contributed by atoms with Crippen molar-refractivity contribution in [2.75, 3.05) is 19.6 Å². The molecular weight excluding hydrogens is 386 g/mol. The molecule has 1 N–H and O–H groups in total. The lowest BCUT2D eigenvalue weighted by Gasteiger charge is -2.32. The molecule has 0 saturated carbocycles. The van der Waals surface area contributed by atoms with Crippen LogP contribution >= 0.6 is 46.6 Å². The molecule has 1 aliphatic rings. The lowest BCUT2D eigenvalue weighted by Crippen LogP contribution is -2.51. The topological polar surface area (TPSA) is 32.3 Å². The van der Waals surface area contributed by atoms with Crippen LogP contribution in [0.15, 0.2) is 18.2 Å². The van der Waals surface area contributed by atoms with Crippen LogP contribution in [0.5, 0.6) is 0 Å². The number of hydrogen-bond donors (Lipinski definition) is 1. The summed E-state index contributed by atoms with van der Waals surface area (Å²) in [6, 6.07) is 5.81. The van der Waals surface area contributed by atoms with Gasteiger partial charge in [0, 0.05) is 34.8 Å². The normalized spacial score (nSPS) is 19.3.